The van der Waals surface area contributed by atoms with Gasteiger partial charge in [0.2, 0.25) is 0 Å². The van der Waals surface area contributed by atoms with Gasteiger partial charge in [-0.3, -0.25) is 0 Å². The molecule has 0 fully saturated rings. The van der Waals surface area contributed by atoms with Crippen LogP contribution in [0.5, 0.6) is 0 Å². The number of aryl methyl sites for hydroxylation is 1. The Balaban J connectivity index is 1.74. The lowest BCUT2D eigenvalue weighted by Crippen LogP contribution is -1.86. The van der Waals surface area contributed by atoms with Crippen LogP contribution in [0.2, 0.25) is 0 Å². The molecule has 0 heterocycles. The lowest BCUT2D eigenvalue weighted by molar-refractivity contribution is 1.46. The summed E-state index contributed by atoms with van der Waals surface area (Å²) >= 11 is 0. The number of rotatable bonds is 2. The molecule has 0 amide bonds. The largest absolute Gasteiger partial charge is 0.0610 e. The Bertz CT molecular complexity index is 1210. The van der Waals surface area contributed by atoms with Crippen molar-refractivity contribution < 1.29 is 0 Å². The third-order valence-electron chi connectivity index (χ3n) is 5.10. The molecular weight excluding hydrogens is 300 g/mol. The van der Waals surface area contributed by atoms with Crippen molar-refractivity contribution in [1.29, 1.82) is 0 Å². The van der Waals surface area contributed by atoms with Crippen molar-refractivity contribution in [3.63, 3.8) is 0 Å². The van der Waals surface area contributed by atoms with E-state index in [0.29, 0.717) is 0 Å². The van der Waals surface area contributed by atoms with Crippen LogP contribution in [0.4, 0.5) is 0 Å². The minimum Gasteiger partial charge on any atom is -0.0610 e. The van der Waals surface area contributed by atoms with Crippen molar-refractivity contribution in [2.45, 2.75) is 6.92 Å². The van der Waals surface area contributed by atoms with Gasteiger partial charge in [-0.05, 0) is 50.4 Å². The fourth-order valence-corrected chi connectivity index (χ4v) is 3.77. The van der Waals surface area contributed by atoms with Crippen LogP contribution in [0.3, 0.4) is 0 Å². The first-order chi connectivity index (χ1) is 12.3. The van der Waals surface area contributed by atoms with Gasteiger partial charge in [0, 0.05) is 0 Å². The Labute approximate surface area is 147 Å². The minimum atomic E-state index is 1.23. The van der Waals surface area contributed by atoms with Gasteiger partial charge in [0.1, 0.15) is 0 Å². The van der Waals surface area contributed by atoms with Gasteiger partial charge in [-0.2, -0.15) is 0 Å². The monoisotopic (exact) mass is 318 g/mol. The third kappa shape index (κ3) is 2.30. The highest BCUT2D eigenvalue weighted by Crippen LogP contribution is 2.36. The van der Waals surface area contributed by atoms with Crippen LogP contribution in [0.1, 0.15) is 16.7 Å². The molecule has 25 heavy (non-hydrogen) atoms. The van der Waals surface area contributed by atoms with Crippen molar-refractivity contribution in [3.8, 4) is 0 Å². The molecule has 5 aromatic carbocycles. The standard InChI is InChI=1S/C25H18/c1-17-5-7-18(8-6-17)9-10-19-11-12-22-14-13-20-3-2-4-21-15-16-23(19)25(22)24(20)21/h2-16H,1H3. The second-order valence-electron chi connectivity index (χ2n) is 6.75. The van der Waals surface area contributed by atoms with E-state index in [-0.39, 0.29) is 0 Å². The molecule has 0 unspecified atom stereocenters. The van der Waals surface area contributed by atoms with Crippen molar-refractivity contribution in [1.82, 2.24) is 0 Å². The van der Waals surface area contributed by atoms with Crippen LogP contribution in [0.25, 0.3) is 44.5 Å². The van der Waals surface area contributed by atoms with E-state index in [9.17, 15) is 0 Å². The van der Waals surface area contributed by atoms with Crippen molar-refractivity contribution in [2.75, 3.05) is 0 Å². The normalized spacial score (nSPS) is 12.0. The van der Waals surface area contributed by atoms with E-state index in [2.05, 4.69) is 97.9 Å². The van der Waals surface area contributed by atoms with Gasteiger partial charge in [-0.25, -0.2) is 0 Å². The van der Waals surface area contributed by atoms with Crippen LogP contribution in [0.15, 0.2) is 78.9 Å². The topological polar surface area (TPSA) is 0 Å². The zero-order chi connectivity index (χ0) is 16.8. The first kappa shape index (κ1) is 14.2. The van der Waals surface area contributed by atoms with Gasteiger partial charge in [0.05, 0.1) is 0 Å². The SMILES string of the molecule is Cc1ccc(C=Cc2ccc3ccc4cccc5ccc2c3c45)cc1. The summed E-state index contributed by atoms with van der Waals surface area (Å²) in [5.41, 5.74) is 3.79. The van der Waals surface area contributed by atoms with E-state index >= 15 is 0 Å². The molecule has 0 aliphatic carbocycles. The van der Waals surface area contributed by atoms with E-state index in [1.165, 1.54) is 49.0 Å². The number of benzene rings is 5. The molecule has 0 saturated heterocycles. The average molecular weight is 318 g/mol. The average Bonchev–Trinajstić information content (AvgIpc) is 2.66. The molecular formula is C25H18. The molecule has 0 radical (unpaired) electrons. The lowest BCUT2D eigenvalue weighted by Gasteiger charge is -2.12. The van der Waals surface area contributed by atoms with E-state index in [1.54, 1.807) is 0 Å². The van der Waals surface area contributed by atoms with Crippen molar-refractivity contribution in [3.05, 3.63) is 95.6 Å². The maximum atomic E-state index is 2.26. The van der Waals surface area contributed by atoms with E-state index < -0.39 is 0 Å². The molecule has 0 spiro atoms. The molecule has 0 bridgehead atoms. The van der Waals surface area contributed by atoms with E-state index in [4.69, 9.17) is 0 Å². The summed E-state index contributed by atoms with van der Waals surface area (Å²) in [4.78, 5) is 0. The molecule has 5 rings (SSSR count). The Morgan fingerprint density at radius 1 is 0.560 bits per heavy atom. The highest BCUT2D eigenvalue weighted by molar-refractivity contribution is 6.24. The molecule has 5 aromatic rings. The highest BCUT2D eigenvalue weighted by Gasteiger charge is 2.09. The first-order valence-electron chi connectivity index (χ1n) is 8.71. The summed E-state index contributed by atoms with van der Waals surface area (Å²) in [6.07, 6.45) is 4.43. The second kappa shape index (κ2) is 5.46. The zero-order valence-electron chi connectivity index (χ0n) is 14.2. The summed E-state index contributed by atoms with van der Waals surface area (Å²) in [6.45, 7) is 2.12. The summed E-state index contributed by atoms with van der Waals surface area (Å²) in [6, 6.07) is 28.6. The molecule has 0 N–H and O–H groups in total. The Kier molecular flexibility index (Phi) is 3.11. The van der Waals surface area contributed by atoms with Crippen LogP contribution in [-0.2, 0) is 0 Å². The predicted molar refractivity (Wildman–Crippen MR) is 110 cm³/mol. The van der Waals surface area contributed by atoms with Gasteiger partial charge < -0.3 is 0 Å². The van der Waals surface area contributed by atoms with E-state index in [1.807, 2.05) is 0 Å². The molecule has 0 aliphatic rings. The van der Waals surface area contributed by atoms with Gasteiger partial charge in [0.15, 0.2) is 0 Å². The molecule has 118 valence electrons. The van der Waals surface area contributed by atoms with Gasteiger partial charge in [-0.15, -0.1) is 0 Å². The maximum absolute atomic E-state index is 2.26. The summed E-state index contributed by atoms with van der Waals surface area (Å²) < 4.78 is 0. The lowest BCUT2D eigenvalue weighted by atomic mass is 9.92. The molecule has 0 aliphatic heterocycles. The van der Waals surface area contributed by atoms with Crippen LogP contribution < -0.4 is 0 Å². The summed E-state index contributed by atoms with van der Waals surface area (Å²) in [7, 11) is 0. The van der Waals surface area contributed by atoms with Crippen molar-refractivity contribution >= 4 is 44.5 Å². The highest BCUT2D eigenvalue weighted by atomic mass is 14.1. The fourth-order valence-electron chi connectivity index (χ4n) is 3.77. The van der Waals surface area contributed by atoms with Crippen molar-refractivity contribution in [2.24, 2.45) is 0 Å². The Morgan fingerprint density at radius 3 is 1.96 bits per heavy atom. The second-order valence-corrected chi connectivity index (χ2v) is 6.75. The number of hydrogen-bond acceptors (Lipinski definition) is 0. The van der Waals surface area contributed by atoms with Gasteiger partial charge >= 0.3 is 0 Å². The smallest absolute Gasteiger partial charge is 0.00208 e. The van der Waals surface area contributed by atoms with Crippen LogP contribution >= 0.6 is 0 Å². The number of hydrogen-bond donors (Lipinski definition) is 0. The molecule has 0 aromatic heterocycles. The maximum Gasteiger partial charge on any atom is -0.00208 e. The predicted octanol–water partition coefficient (Wildman–Crippen LogP) is 7.06. The minimum absolute atomic E-state index is 1.23. The van der Waals surface area contributed by atoms with Gasteiger partial charge in [-0.1, -0.05) is 96.6 Å². The summed E-state index contributed by atoms with van der Waals surface area (Å²) in [5, 5.41) is 8.02. The quantitative estimate of drug-likeness (QED) is 0.241. The Hall–Kier alpha value is -3.12. The van der Waals surface area contributed by atoms with Crippen LogP contribution in [0, 0.1) is 6.92 Å². The third-order valence-corrected chi connectivity index (χ3v) is 5.10. The first-order valence-corrected chi connectivity index (χ1v) is 8.71. The molecule has 0 atom stereocenters. The molecule has 0 saturated carbocycles. The molecule has 0 nitrogen and oxygen atoms in total. The Morgan fingerprint density at radius 2 is 1.20 bits per heavy atom. The summed E-state index contributed by atoms with van der Waals surface area (Å²) in [5.74, 6) is 0. The van der Waals surface area contributed by atoms with Gasteiger partial charge in [0.25, 0.3) is 0 Å². The van der Waals surface area contributed by atoms with E-state index in [0.717, 1.165) is 0 Å². The fraction of sp³-hybridized carbons (Fsp3) is 0.0400. The zero-order valence-corrected chi connectivity index (χ0v) is 14.2. The molecule has 0 heteroatoms. The van der Waals surface area contributed by atoms with Crippen LogP contribution in [-0.4, -0.2) is 0 Å².